The largest absolute Gasteiger partial charge is 1.00 e. The van der Waals surface area contributed by atoms with E-state index in [4.69, 9.17) is 4.74 Å². The number of carboxylic acids is 1. The van der Waals surface area contributed by atoms with Crippen molar-refractivity contribution < 1.29 is 80.3 Å². The van der Waals surface area contributed by atoms with Gasteiger partial charge in [-0.2, -0.15) is 27.4 Å². The van der Waals surface area contributed by atoms with Crippen molar-refractivity contribution in [2.75, 3.05) is 20.2 Å². The number of aliphatic carboxylic acids is 1. The Morgan fingerprint density at radius 1 is 1.04 bits per heavy atom. The van der Waals surface area contributed by atoms with Crippen LogP contribution in [0.15, 0.2) is 66.7 Å². The Morgan fingerprint density at radius 2 is 1.72 bits per heavy atom. The Bertz CT molecular complexity index is 1620. The third-order valence-electron chi connectivity index (χ3n) is 7.60. The van der Waals surface area contributed by atoms with Gasteiger partial charge in [0.1, 0.15) is 30.5 Å². The Hall–Kier alpha value is -3.65. The molecule has 1 aliphatic rings. The number of carboxylic acid groups (broad SMARTS) is 1. The topological polar surface area (TPSA) is 102 Å². The van der Waals surface area contributed by atoms with Gasteiger partial charge in [-0.05, 0) is 50.1 Å². The number of benzene rings is 3. The van der Waals surface area contributed by atoms with Crippen molar-refractivity contribution in [1.29, 1.82) is 0 Å². The van der Waals surface area contributed by atoms with Gasteiger partial charge in [0.05, 0.1) is 18.7 Å². The molecule has 3 amide bonds. The average Bonchev–Trinajstić information content (AvgIpc) is 2.99. The molecule has 0 saturated carbocycles. The van der Waals surface area contributed by atoms with Crippen molar-refractivity contribution in [3.63, 3.8) is 0 Å². The number of amides is 3. The fourth-order valence-corrected chi connectivity index (χ4v) is 5.32. The summed E-state index contributed by atoms with van der Waals surface area (Å²) >= 11 is 0. The van der Waals surface area contributed by atoms with Crippen molar-refractivity contribution in [1.82, 2.24) is 10.2 Å². The quantitative estimate of drug-likeness (QED) is 0.138. The molecule has 46 heavy (non-hydrogen) atoms. The number of carbonyl (C=O) groups excluding carboxylic acids is 3. The Balaban J connectivity index is 0.00000576. The smallest absolute Gasteiger partial charge is 0.550 e. The number of hydrogen-bond donors (Lipinski definition) is 1. The number of imide groups is 1. The SMILES string of the molecule is COc1cccc(C2C(=O)N(C[C@H](NCCCC(=O)[O-])c3ccccc3)C(=O)[N+](Cc3c(F)cccc3C(F)(F)F)=C2C)c1F.[Na+]. The van der Waals surface area contributed by atoms with Crippen molar-refractivity contribution in [2.45, 2.75) is 44.4 Å². The van der Waals surface area contributed by atoms with E-state index in [2.05, 4.69) is 5.32 Å². The third-order valence-corrected chi connectivity index (χ3v) is 7.60. The number of nitrogens with zero attached hydrogens (tertiary/aromatic N) is 2. The molecule has 3 aromatic rings. The molecule has 0 spiro atoms. The van der Waals surface area contributed by atoms with Crippen molar-refractivity contribution in [3.05, 3.63) is 101 Å². The summed E-state index contributed by atoms with van der Waals surface area (Å²) in [5.41, 5.74) is -1.81. The summed E-state index contributed by atoms with van der Waals surface area (Å²) in [6, 6.07) is 13.2. The molecule has 0 bridgehead atoms. The van der Waals surface area contributed by atoms with E-state index in [1.807, 2.05) is 0 Å². The van der Waals surface area contributed by atoms with Gasteiger partial charge in [0, 0.05) is 17.1 Å². The minimum absolute atomic E-state index is 0. The Morgan fingerprint density at radius 3 is 2.35 bits per heavy atom. The molecule has 8 nitrogen and oxygen atoms in total. The number of methoxy groups -OCH3 is 1. The fourth-order valence-electron chi connectivity index (χ4n) is 5.32. The summed E-state index contributed by atoms with van der Waals surface area (Å²) < 4.78 is 78.1. The standard InChI is InChI=1S/C32H30F5N3O5.Na/c1-19-28(21-11-6-14-26(45-2)29(21)34)30(43)40(18-25(20-9-4-3-5-10-20)38-16-8-15-27(41)42)31(44)39(19)17-22-23(32(35,36)37)12-7-13-24(22)33;/h3-7,9-14,25,28,38H,8,15-18H2,1-2H3;/q;+1/t25-,28?;/m0./s1. The van der Waals surface area contributed by atoms with Crippen LogP contribution in [0.25, 0.3) is 0 Å². The molecule has 1 aliphatic heterocycles. The first-order valence-corrected chi connectivity index (χ1v) is 14.0. The number of urea groups is 1. The number of halogens is 5. The molecular formula is C32H30F5N3NaO5+. The van der Waals surface area contributed by atoms with Crippen LogP contribution in [-0.2, 0) is 22.3 Å². The van der Waals surface area contributed by atoms with Crippen LogP contribution in [0.3, 0.4) is 0 Å². The molecular weight excluding hydrogens is 624 g/mol. The molecule has 238 valence electrons. The first-order chi connectivity index (χ1) is 21.3. The van der Waals surface area contributed by atoms with E-state index in [0.717, 1.165) is 21.6 Å². The van der Waals surface area contributed by atoms with E-state index in [9.17, 15) is 37.1 Å². The Labute approximate surface area is 284 Å². The van der Waals surface area contributed by atoms with Gasteiger partial charge in [0.2, 0.25) is 0 Å². The van der Waals surface area contributed by atoms with Gasteiger partial charge in [-0.3, -0.25) is 0 Å². The molecule has 1 heterocycles. The maximum Gasteiger partial charge on any atom is 1.00 e. The number of alkyl halides is 3. The molecule has 2 atom stereocenters. The van der Waals surface area contributed by atoms with Crippen LogP contribution in [0.4, 0.5) is 26.7 Å². The predicted molar refractivity (Wildman–Crippen MR) is 150 cm³/mol. The number of ether oxygens (including phenoxy) is 1. The van der Waals surface area contributed by atoms with Crippen LogP contribution < -0.4 is 44.7 Å². The van der Waals surface area contributed by atoms with Gasteiger partial charge in [-0.25, -0.2) is 13.6 Å². The maximum atomic E-state index is 15.6. The van der Waals surface area contributed by atoms with E-state index in [-0.39, 0.29) is 72.5 Å². The summed E-state index contributed by atoms with van der Waals surface area (Å²) in [7, 11) is 1.22. The number of nitrogens with one attached hydrogen (secondary N) is 1. The Kier molecular flexibility index (Phi) is 12.6. The van der Waals surface area contributed by atoms with Gasteiger partial charge in [0.15, 0.2) is 11.6 Å². The van der Waals surface area contributed by atoms with Crippen molar-refractivity contribution in [2.24, 2.45) is 0 Å². The van der Waals surface area contributed by atoms with E-state index >= 15 is 4.39 Å². The van der Waals surface area contributed by atoms with E-state index < -0.39 is 65.3 Å². The molecule has 14 heteroatoms. The van der Waals surface area contributed by atoms with Crippen molar-refractivity contribution >= 4 is 23.6 Å². The minimum Gasteiger partial charge on any atom is -0.550 e. The molecule has 1 N–H and O–H groups in total. The number of carbonyl (C=O) groups is 3. The minimum atomic E-state index is -4.95. The summed E-state index contributed by atoms with van der Waals surface area (Å²) in [5, 5.41) is 14.0. The third kappa shape index (κ3) is 8.19. The summed E-state index contributed by atoms with van der Waals surface area (Å²) in [4.78, 5) is 39.7. The number of rotatable bonds is 12. The zero-order chi connectivity index (χ0) is 32.9. The molecule has 0 aliphatic carbocycles. The fraction of sp³-hybridized carbons (Fsp3) is 0.312. The van der Waals surface area contributed by atoms with Crippen LogP contribution in [0, 0.1) is 11.6 Å². The first kappa shape index (κ1) is 36.8. The zero-order valence-electron chi connectivity index (χ0n) is 25.4. The maximum absolute atomic E-state index is 15.6. The van der Waals surface area contributed by atoms with Crippen LogP contribution in [0.2, 0.25) is 0 Å². The van der Waals surface area contributed by atoms with Crippen LogP contribution in [0.1, 0.15) is 54.0 Å². The summed E-state index contributed by atoms with van der Waals surface area (Å²) in [5.74, 6) is -5.92. The summed E-state index contributed by atoms with van der Waals surface area (Å²) in [6.07, 6.45) is -5.04. The molecule has 0 aromatic heterocycles. The molecule has 0 radical (unpaired) electrons. The van der Waals surface area contributed by atoms with Gasteiger partial charge in [-0.15, -0.1) is 0 Å². The normalized spacial score (nSPS) is 15.9. The van der Waals surface area contributed by atoms with E-state index in [0.29, 0.717) is 11.6 Å². The predicted octanol–water partition coefficient (Wildman–Crippen LogP) is 1.58. The van der Waals surface area contributed by atoms with Crippen molar-refractivity contribution in [3.8, 4) is 5.75 Å². The molecule has 4 rings (SSSR count). The second kappa shape index (κ2) is 15.8. The van der Waals surface area contributed by atoms with Gasteiger partial charge in [-0.1, -0.05) is 48.5 Å². The second-order valence-corrected chi connectivity index (χ2v) is 10.4. The first-order valence-electron chi connectivity index (χ1n) is 14.0. The molecule has 3 aromatic carbocycles. The zero-order valence-corrected chi connectivity index (χ0v) is 27.4. The molecule has 0 saturated heterocycles. The van der Waals surface area contributed by atoms with E-state index in [1.165, 1.54) is 32.2 Å². The second-order valence-electron chi connectivity index (χ2n) is 10.4. The average molecular weight is 655 g/mol. The van der Waals surface area contributed by atoms with Gasteiger partial charge < -0.3 is 20.0 Å². The van der Waals surface area contributed by atoms with Crippen LogP contribution >= 0.6 is 0 Å². The van der Waals surface area contributed by atoms with Crippen LogP contribution in [0.5, 0.6) is 5.75 Å². The molecule has 0 fully saturated rings. The number of hydrogen-bond acceptors (Lipinski definition) is 6. The van der Waals surface area contributed by atoms with E-state index in [1.54, 1.807) is 30.3 Å². The van der Waals surface area contributed by atoms with Gasteiger partial charge >= 0.3 is 47.7 Å². The van der Waals surface area contributed by atoms with Gasteiger partial charge in [0.25, 0.3) is 0 Å². The molecule has 1 unspecified atom stereocenters. The summed E-state index contributed by atoms with van der Waals surface area (Å²) in [6.45, 7) is 0.198. The van der Waals surface area contributed by atoms with Crippen LogP contribution in [-0.4, -0.2) is 53.3 Å². The monoisotopic (exact) mass is 654 g/mol.